The summed E-state index contributed by atoms with van der Waals surface area (Å²) in [5, 5.41) is 0. The topological polar surface area (TPSA) is 32.8 Å². The van der Waals surface area contributed by atoms with E-state index >= 15 is 0 Å². The fourth-order valence-corrected chi connectivity index (χ4v) is 9.59. The summed E-state index contributed by atoms with van der Waals surface area (Å²) in [6.45, 7) is 21.8. The van der Waals surface area contributed by atoms with Gasteiger partial charge in [0.1, 0.15) is 0 Å². The van der Waals surface area contributed by atoms with E-state index in [4.69, 9.17) is 4.74 Å². The highest BCUT2D eigenvalue weighted by molar-refractivity contribution is 5.69. The standard InChI is InChI=1S/C30H57N.C28H53NO2/c1-4-6-7-8-9-10-11-12-13-14-15-16-17-18-19-21-29(3)22-20-23-30-24-27-31(26-5-2)28-25-30;1-3-5-6-7-8-9-10-11-12-13-14-15-16-17-18-19-28(30)31-26-22-27-20-24-29(23-4-2)25-21-27/h12-13,30H,3-11,14-28H2,1-2H3;11-12,27H,3-10,13-26H2,1-2H3/b13-12-;12-11-. The lowest BCUT2D eigenvalue weighted by molar-refractivity contribution is -0.144. The van der Waals surface area contributed by atoms with Gasteiger partial charge in [-0.25, -0.2) is 0 Å². The molecule has 2 fully saturated rings. The molecule has 0 unspecified atom stereocenters. The van der Waals surface area contributed by atoms with Crippen molar-refractivity contribution in [3.63, 3.8) is 0 Å². The summed E-state index contributed by atoms with van der Waals surface area (Å²) in [5.74, 6) is 1.75. The molecule has 0 aromatic rings. The Bertz CT molecular complexity index is 925. The van der Waals surface area contributed by atoms with E-state index in [9.17, 15) is 4.79 Å². The van der Waals surface area contributed by atoms with Gasteiger partial charge < -0.3 is 14.5 Å². The second kappa shape index (κ2) is 46.2. The van der Waals surface area contributed by atoms with Gasteiger partial charge in [0.25, 0.3) is 0 Å². The fraction of sp³-hybridized carbons (Fsp3) is 0.879. The molecule has 0 spiro atoms. The SMILES string of the molecule is C=C(CCCCCCC/C=C\CCCCCCCC)CCCC1CCN(CCC)CC1.CCCCCCCC/C=C\CCCCCCCC(=O)OCCC1CCN(CCC)CC1. The summed E-state index contributed by atoms with van der Waals surface area (Å²) in [4.78, 5) is 17.1. The molecule has 0 aromatic heterocycles. The summed E-state index contributed by atoms with van der Waals surface area (Å²) in [5.41, 5.74) is 1.51. The van der Waals surface area contributed by atoms with Gasteiger partial charge in [-0.05, 0) is 180 Å². The molecule has 2 saturated heterocycles. The maximum atomic E-state index is 11.9. The second-order valence-corrected chi connectivity index (χ2v) is 19.9. The van der Waals surface area contributed by atoms with Crippen LogP contribution in [0, 0.1) is 11.8 Å². The second-order valence-electron chi connectivity index (χ2n) is 19.9. The Labute approximate surface area is 389 Å². The first-order valence-electron chi connectivity index (χ1n) is 28.1. The monoisotopic (exact) mass is 867 g/mol. The molecule has 0 saturated carbocycles. The van der Waals surface area contributed by atoms with Crippen molar-refractivity contribution in [3.8, 4) is 0 Å². The lowest BCUT2D eigenvalue weighted by atomic mass is 9.90. The van der Waals surface area contributed by atoms with E-state index in [1.165, 1.54) is 263 Å². The third-order valence-corrected chi connectivity index (χ3v) is 13.9. The van der Waals surface area contributed by atoms with Crippen LogP contribution >= 0.6 is 0 Å². The van der Waals surface area contributed by atoms with Crippen molar-refractivity contribution in [2.45, 2.75) is 272 Å². The first kappa shape index (κ1) is 58.6. The summed E-state index contributed by atoms with van der Waals surface area (Å²) in [6, 6.07) is 0. The number of hydrogen-bond donors (Lipinski definition) is 0. The molecule has 2 rings (SSSR count). The van der Waals surface area contributed by atoms with E-state index in [2.05, 4.69) is 68.4 Å². The van der Waals surface area contributed by atoms with E-state index in [0.717, 1.165) is 31.1 Å². The minimum absolute atomic E-state index is 0.0149. The largest absolute Gasteiger partial charge is 0.466 e. The van der Waals surface area contributed by atoms with Crippen molar-refractivity contribution in [3.05, 3.63) is 36.5 Å². The van der Waals surface area contributed by atoms with Crippen molar-refractivity contribution in [1.29, 1.82) is 0 Å². The van der Waals surface area contributed by atoms with Crippen LogP contribution in [0.5, 0.6) is 0 Å². The molecule has 0 N–H and O–H groups in total. The Morgan fingerprint density at radius 1 is 0.452 bits per heavy atom. The van der Waals surface area contributed by atoms with Crippen molar-refractivity contribution in [1.82, 2.24) is 9.80 Å². The van der Waals surface area contributed by atoms with Crippen LogP contribution in [0.25, 0.3) is 0 Å². The number of carbonyl (C=O) groups is 1. The number of ether oxygens (including phenoxy) is 1. The molecular formula is C58H110N2O2. The first-order valence-corrected chi connectivity index (χ1v) is 28.1. The normalized spacial score (nSPS) is 15.7. The van der Waals surface area contributed by atoms with E-state index in [1.54, 1.807) is 0 Å². The third-order valence-electron chi connectivity index (χ3n) is 13.9. The predicted octanol–water partition coefficient (Wildman–Crippen LogP) is 18.0. The lowest BCUT2D eigenvalue weighted by Crippen LogP contribution is -2.34. The molecule has 2 heterocycles. The van der Waals surface area contributed by atoms with Crippen LogP contribution in [-0.2, 0) is 9.53 Å². The number of piperidine rings is 2. The van der Waals surface area contributed by atoms with Gasteiger partial charge in [0.2, 0.25) is 0 Å². The molecule has 0 radical (unpaired) electrons. The molecule has 4 nitrogen and oxygen atoms in total. The minimum atomic E-state index is 0.0149. The summed E-state index contributed by atoms with van der Waals surface area (Å²) in [7, 11) is 0. The van der Waals surface area contributed by atoms with E-state index in [0.29, 0.717) is 13.0 Å². The molecule has 0 aromatic carbocycles. The molecule has 2 aliphatic heterocycles. The van der Waals surface area contributed by atoms with Gasteiger partial charge in [0.05, 0.1) is 6.61 Å². The van der Waals surface area contributed by atoms with Crippen molar-refractivity contribution in [2.24, 2.45) is 11.8 Å². The number of esters is 1. The highest BCUT2D eigenvalue weighted by atomic mass is 16.5. The van der Waals surface area contributed by atoms with E-state index in [-0.39, 0.29) is 5.97 Å². The molecule has 0 aliphatic carbocycles. The number of carbonyl (C=O) groups excluding carboxylic acids is 1. The van der Waals surface area contributed by atoms with Crippen LogP contribution in [0.3, 0.4) is 0 Å². The summed E-state index contributed by atoms with van der Waals surface area (Å²) in [6.07, 6.45) is 59.3. The van der Waals surface area contributed by atoms with Gasteiger partial charge in [-0.15, -0.1) is 0 Å². The van der Waals surface area contributed by atoms with Gasteiger partial charge in [0, 0.05) is 6.42 Å². The molecule has 2 aliphatic rings. The minimum Gasteiger partial charge on any atom is -0.466 e. The Kier molecular flexibility index (Phi) is 43.6. The van der Waals surface area contributed by atoms with Crippen LogP contribution in [-0.4, -0.2) is 61.6 Å². The van der Waals surface area contributed by atoms with Crippen LogP contribution in [0.1, 0.15) is 272 Å². The van der Waals surface area contributed by atoms with Crippen LogP contribution < -0.4 is 0 Å². The first-order chi connectivity index (χ1) is 30.5. The Morgan fingerprint density at radius 2 is 0.806 bits per heavy atom. The van der Waals surface area contributed by atoms with Gasteiger partial charge in [-0.1, -0.05) is 173 Å². The summed E-state index contributed by atoms with van der Waals surface area (Å²) < 4.78 is 5.48. The number of nitrogens with zero attached hydrogens (tertiary/aromatic N) is 2. The number of unbranched alkanes of at least 4 members (excludes halogenated alkanes) is 22. The molecule has 0 atom stereocenters. The Hall–Kier alpha value is -1.39. The van der Waals surface area contributed by atoms with Gasteiger partial charge in [-0.2, -0.15) is 0 Å². The molecule has 364 valence electrons. The number of hydrogen-bond acceptors (Lipinski definition) is 4. The zero-order valence-corrected chi connectivity index (χ0v) is 42.7. The van der Waals surface area contributed by atoms with E-state index in [1.807, 2.05) is 0 Å². The molecule has 4 heteroatoms. The predicted molar refractivity (Wildman–Crippen MR) is 276 cm³/mol. The molecular weight excluding hydrogens is 757 g/mol. The smallest absolute Gasteiger partial charge is 0.305 e. The molecule has 0 bridgehead atoms. The quantitative estimate of drug-likeness (QED) is 0.0348. The zero-order valence-electron chi connectivity index (χ0n) is 42.7. The zero-order chi connectivity index (χ0) is 44.8. The van der Waals surface area contributed by atoms with Crippen molar-refractivity contribution in [2.75, 3.05) is 45.9 Å². The highest BCUT2D eigenvalue weighted by Crippen LogP contribution is 2.25. The fourth-order valence-electron chi connectivity index (χ4n) is 9.59. The van der Waals surface area contributed by atoms with E-state index < -0.39 is 0 Å². The molecule has 62 heavy (non-hydrogen) atoms. The summed E-state index contributed by atoms with van der Waals surface area (Å²) >= 11 is 0. The maximum absolute atomic E-state index is 11.9. The van der Waals surface area contributed by atoms with Crippen LogP contribution in [0.2, 0.25) is 0 Å². The molecule has 0 amide bonds. The lowest BCUT2D eigenvalue weighted by Gasteiger charge is -2.31. The third kappa shape index (κ3) is 39.0. The number of likely N-dealkylation sites (tertiary alicyclic amines) is 2. The highest BCUT2D eigenvalue weighted by Gasteiger charge is 2.19. The van der Waals surface area contributed by atoms with Crippen LogP contribution in [0.15, 0.2) is 36.5 Å². The number of rotatable bonds is 41. The number of allylic oxidation sites excluding steroid dienone is 5. The average molecular weight is 868 g/mol. The van der Waals surface area contributed by atoms with Gasteiger partial charge in [-0.3, -0.25) is 4.79 Å². The van der Waals surface area contributed by atoms with Crippen molar-refractivity contribution >= 4 is 5.97 Å². The maximum Gasteiger partial charge on any atom is 0.305 e. The van der Waals surface area contributed by atoms with Gasteiger partial charge >= 0.3 is 5.97 Å². The van der Waals surface area contributed by atoms with Crippen molar-refractivity contribution < 1.29 is 9.53 Å². The van der Waals surface area contributed by atoms with Crippen LogP contribution in [0.4, 0.5) is 0 Å². The Morgan fingerprint density at radius 3 is 1.23 bits per heavy atom. The average Bonchev–Trinajstić information content (AvgIpc) is 3.28. The Balaban J connectivity index is 0.000000620. The van der Waals surface area contributed by atoms with Gasteiger partial charge in [0.15, 0.2) is 0 Å².